The number of benzene rings is 2. The Balaban J connectivity index is 2.02. The molecule has 27 heavy (non-hydrogen) atoms. The third kappa shape index (κ3) is 3.58. The lowest BCUT2D eigenvalue weighted by Gasteiger charge is -2.07. The number of esters is 2. The second-order valence-electron chi connectivity index (χ2n) is 6.36. The average molecular weight is 365 g/mol. The number of aromatic nitrogens is 1. The van der Waals surface area contributed by atoms with Crippen LogP contribution in [0.4, 0.5) is 0 Å². The van der Waals surface area contributed by atoms with Gasteiger partial charge in [-0.15, -0.1) is 0 Å². The largest absolute Gasteiger partial charge is 0.462 e. The Morgan fingerprint density at radius 2 is 1.78 bits per heavy atom. The maximum absolute atomic E-state index is 12.5. The predicted molar refractivity (Wildman–Crippen MR) is 104 cm³/mol. The van der Waals surface area contributed by atoms with Crippen LogP contribution in [0.25, 0.3) is 10.9 Å². The van der Waals surface area contributed by atoms with Crippen LogP contribution in [0.5, 0.6) is 5.75 Å². The first-order valence-corrected chi connectivity index (χ1v) is 9.05. The Labute approximate surface area is 158 Å². The summed E-state index contributed by atoms with van der Waals surface area (Å²) in [7, 11) is 0. The summed E-state index contributed by atoms with van der Waals surface area (Å²) in [5.41, 5.74) is 3.74. The van der Waals surface area contributed by atoms with Crippen molar-refractivity contribution in [3.8, 4) is 5.75 Å². The number of fused-ring (bicyclic) bond motifs is 1. The maximum Gasteiger partial charge on any atom is 0.343 e. The Morgan fingerprint density at radius 1 is 1.00 bits per heavy atom. The molecule has 0 aliphatic carbocycles. The van der Waals surface area contributed by atoms with Crippen LogP contribution in [-0.4, -0.2) is 23.1 Å². The molecule has 1 aromatic heterocycles. The van der Waals surface area contributed by atoms with Crippen LogP contribution in [0.15, 0.2) is 42.5 Å². The molecule has 0 bridgehead atoms. The van der Waals surface area contributed by atoms with Crippen molar-refractivity contribution in [3.05, 3.63) is 64.8 Å². The molecular formula is C22H23NO4. The fraction of sp³-hybridized carbons (Fsp3) is 0.273. The number of hydrogen-bond acceptors (Lipinski definition) is 4. The van der Waals surface area contributed by atoms with Crippen LogP contribution in [0.3, 0.4) is 0 Å². The molecule has 1 heterocycles. The maximum atomic E-state index is 12.5. The average Bonchev–Trinajstić information content (AvgIpc) is 2.92. The van der Waals surface area contributed by atoms with E-state index >= 15 is 0 Å². The van der Waals surface area contributed by atoms with Crippen LogP contribution < -0.4 is 4.74 Å². The standard InChI is InChI=1S/C22H23NO4/c1-5-23-15(4)20(22(25)26-6-2)18-13-17(10-11-19(18)23)27-21(24)16-9-7-8-14(3)12-16/h7-13H,5-6H2,1-4H3. The van der Waals surface area contributed by atoms with Crippen molar-refractivity contribution in [3.63, 3.8) is 0 Å². The number of carbonyl (C=O) groups is 2. The van der Waals surface area contributed by atoms with Gasteiger partial charge in [0.25, 0.3) is 0 Å². The quantitative estimate of drug-likeness (QED) is 0.487. The zero-order chi connectivity index (χ0) is 19.6. The first-order chi connectivity index (χ1) is 13.0. The Hall–Kier alpha value is -3.08. The van der Waals surface area contributed by atoms with Gasteiger partial charge in [0, 0.05) is 23.1 Å². The summed E-state index contributed by atoms with van der Waals surface area (Å²) in [6, 6.07) is 12.6. The van der Waals surface area contributed by atoms with E-state index in [1.807, 2.05) is 43.5 Å². The van der Waals surface area contributed by atoms with E-state index in [0.29, 0.717) is 23.5 Å². The second-order valence-corrected chi connectivity index (χ2v) is 6.36. The molecule has 2 aromatic carbocycles. The molecule has 140 valence electrons. The first kappa shape index (κ1) is 18.7. The van der Waals surface area contributed by atoms with Crippen molar-refractivity contribution in [1.82, 2.24) is 4.57 Å². The van der Waals surface area contributed by atoms with Gasteiger partial charge in [0.2, 0.25) is 0 Å². The zero-order valence-corrected chi connectivity index (χ0v) is 16.0. The van der Waals surface area contributed by atoms with Gasteiger partial charge in [0.15, 0.2) is 0 Å². The van der Waals surface area contributed by atoms with Crippen molar-refractivity contribution in [1.29, 1.82) is 0 Å². The smallest absolute Gasteiger partial charge is 0.343 e. The highest BCUT2D eigenvalue weighted by atomic mass is 16.5. The molecule has 0 spiro atoms. The lowest BCUT2D eigenvalue weighted by molar-refractivity contribution is 0.0527. The van der Waals surface area contributed by atoms with E-state index in [2.05, 4.69) is 0 Å². The van der Waals surface area contributed by atoms with Crippen molar-refractivity contribution in [2.45, 2.75) is 34.2 Å². The van der Waals surface area contributed by atoms with Gasteiger partial charge < -0.3 is 14.0 Å². The number of nitrogens with zero attached hydrogens (tertiary/aromatic N) is 1. The molecular weight excluding hydrogens is 342 g/mol. The highest BCUT2D eigenvalue weighted by Gasteiger charge is 2.21. The van der Waals surface area contributed by atoms with Crippen LogP contribution in [0.2, 0.25) is 0 Å². The minimum absolute atomic E-state index is 0.305. The van der Waals surface area contributed by atoms with Crippen LogP contribution in [-0.2, 0) is 11.3 Å². The number of rotatable bonds is 5. The van der Waals surface area contributed by atoms with Crippen LogP contribution in [0, 0.1) is 13.8 Å². The Morgan fingerprint density at radius 3 is 2.44 bits per heavy atom. The molecule has 5 nitrogen and oxygen atoms in total. The summed E-state index contributed by atoms with van der Waals surface area (Å²) >= 11 is 0. The van der Waals surface area contributed by atoms with Gasteiger partial charge in [-0.05, 0) is 58.0 Å². The molecule has 3 aromatic rings. The molecule has 3 rings (SSSR count). The molecule has 0 radical (unpaired) electrons. The minimum atomic E-state index is -0.428. The summed E-state index contributed by atoms with van der Waals surface area (Å²) in [6.07, 6.45) is 0. The van der Waals surface area contributed by atoms with Gasteiger partial charge in [-0.3, -0.25) is 0 Å². The summed E-state index contributed by atoms with van der Waals surface area (Å²) in [5, 5.41) is 0.724. The third-order valence-corrected chi connectivity index (χ3v) is 4.55. The molecule has 0 saturated carbocycles. The highest BCUT2D eigenvalue weighted by molar-refractivity contribution is 6.06. The van der Waals surface area contributed by atoms with E-state index in [1.54, 1.807) is 31.2 Å². The summed E-state index contributed by atoms with van der Waals surface area (Å²) in [5.74, 6) is -0.399. The molecule has 0 aliphatic heterocycles. The second kappa shape index (κ2) is 7.66. The first-order valence-electron chi connectivity index (χ1n) is 9.05. The lowest BCUT2D eigenvalue weighted by atomic mass is 10.1. The molecule has 0 atom stereocenters. The topological polar surface area (TPSA) is 57.5 Å². The van der Waals surface area contributed by atoms with E-state index in [1.165, 1.54) is 0 Å². The van der Waals surface area contributed by atoms with Gasteiger partial charge >= 0.3 is 11.9 Å². The van der Waals surface area contributed by atoms with E-state index in [4.69, 9.17) is 9.47 Å². The van der Waals surface area contributed by atoms with Gasteiger partial charge in [0.1, 0.15) is 5.75 Å². The number of hydrogen-bond donors (Lipinski definition) is 0. The molecule has 0 aliphatic rings. The highest BCUT2D eigenvalue weighted by Crippen LogP contribution is 2.30. The SMILES string of the molecule is CCOC(=O)c1c(C)n(CC)c2ccc(OC(=O)c3cccc(C)c3)cc12. The summed E-state index contributed by atoms with van der Waals surface area (Å²) in [4.78, 5) is 24.9. The molecule has 0 fully saturated rings. The van der Waals surface area contributed by atoms with E-state index in [9.17, 15) is 9.59 Å². The van der Waals surface area contributed by atoms with Gasteiger partial charge in [-0.1, -0.05) is 17.7 Å². The van der Waals surface area contributed by atoms with Crippen LogP contribution >= 0.6 is 0 Å². The molecule has 5 heteroatoms. The molecule has 0 saturated heterocycles. The third-order valence-electron chi connectivity index (χ3n) is 4.55. The molecule has 0 unspecified atom stereocenters. The molecule has 0 N–H and O–H groups in total. The normalized spacial score (nSPS) is 10.8. The summed E-state index contributed by atoms with van der Waals surface area (Å²) < 4.78 is 12.8. The van der Waals surface area contributed by atoms with Gasteiger partial charge in [-0.25, -0.2) is 9.59 Å². The van der Waals surface area contributed by atoms with E-state index < -0.39 is 5.97 Å². The van der Waals surface area contributed by atoms with Crippen molar-refractivity contribution in [2.75, 3.05) is 6.61 Å². The summed E-state index contributed by atoms with van der Waals surface area (Å²) in [6.45, 7) is 8.65. The zero-order valence-electron chi connectivity index (χ0n) is 16.0. The van der Waals surface area contributed by atoms with Crippen LogP contribution in [0.1, 0.15) is 45.8 Å². The lowest BCUT2D eigenvalue weighted by Crippen LogP contribution is -2.09. The van der Waals surface area contributed by atoms with Crippen molar-refractivity contribution in [2.24, 2.45) is 0 Å². The van der Waals surface area contributed by atoms with Gasteiger partial charge in [0.05, 0.1) is 17.7 Å². The fourth-order valence-corrected chi connectivity index (χ4v) is 3.33. The Kier molecular flexibility index (Phi) is 5.31. The van der Waals surface area contributed by atoms with Crippen molar-refractivity contribution < 1.29 is 19.1 Å². The molecule has 0 amide bonds. The number of ether oxygens (including phenoxy) is 2. The van der Waals surface area contributed by atoms with E-state index in [0.717, 1.165) is 28.7 Å². The van der Waals surface area contributed by atoms with Crippen molar-refractivity contribution >= 4 is 22.8 Å². The fourth-order valence-electron chi connectivity index (χ4n) is 3.33. The van der Waals surface area contributed by atoms with Gasteiger partial charge in [-0.2, -0.15) is 0 Å². The number of aryl methyl sites for hydroxylation is 2. The number of carbonyl (C=O) groups excluding carboxylic acids is 2. The van der Waals surface area contributed by atoms with E-state index in [-0.39, 0.29) is 5.97 Å². The minimum Gasteiger partial charge on any atom is -0.462 e. The monoisotopic (exact) mass is 365 g/mol. The predicted octanol–water partition coefficient (Wildman–Crippen LogP) is 4.67. The Bertz CT molecular complexity index is 1020.